The zero-order valence-electron chi connectivity index (χ0n) is 31.5. The minimum absolute atomic E-state index is 0.0546. The van der Waals surface area contributed by atoms with E-state index in [0.717, 1.165) is 17.8 Å². The van der Waals surface area contributed by atoms with Crippen LogP contribution in [-0.2, 0) is 11.8 Å². The lowest BCUT2D eigenvalue weighted by atomic mass is 9.82. The zero-order valence-corrected chi connectivity index (χ0v) is 31.5. The van der Waals surface area contributed by atoms with Crippen LogP contribution in [0.15, 0.2) is 176 Å². The molecule has 0 aromatic heterocycles. The molecular weight excluding hydrogens is 653 g/mol. The quantitative estimate of drug-likeness (QED) is 0.148. The molecule has 7 aromatic rings. The molecule has 2 nitrogen and oxygen atoms in total. The van der Waals surface area contributed by atoms with Crippen molar-refractivity contribution < 1.29 is 0 Å². The Morgan fingerprint density at radius 2 is 0.926 bits per heavy atom. The maximum absolute atomic E-state index is 2.43. The summed E-state index contributed by atoms with van der Waals surface area (Å²) < 4.78 is 0. The predicted octanol–water partition coefficient (Wildman–Crippen LogP) is 14.6. The average molecular weight is 701 g/mol. The highest BCUT2D eigenvalue weighted by molar-refractivity contribution is 5.94. The van der Waals surface area contributed by atoms with Gasteiger partial charge >= 0.3 is 0 Å². The molecule has 0 amide bonds. The Hall–Kier alpha value is -5.86. The van der Waals surface area contributed by atoms with Gasteiger partial charge < -0.3 is 9.80 Å². The highest BCUT2D eigenvalue weighted by Gasteiger charge is 2.37. The molecule has 1 saturated carbocycles. The van der Waals surface area contributed by atoms with E-state index < -0.39 is 0 Å². The molecule has 2 heteroatoms. The van der Waals surface area contributed by atoms with E-state index in [-0.39, 0.29) is 5.41 Å². The molecule has 0 heterocycles. The van der Waals surface area contributed by atoms with Crippen molar-refractivity contribution in [1.82, 2.24) is 0 Å². The summed E-state index contributed by atoms with van der Waals surface area (Å²) in [5.41, 5.74) is 16.5. The molecule has 0 saturated heterocycles. The fraction of sp³-hybridized carbons (Fsp3) is 0.192. The second kappa shape index (κ2) is 14.5. The van der Waals surface area contributed by atoms with Gasteiger partial charge in [0.15, 0.2) is 0 Å². The van der Waals surface area contributed by atoms with Crippen LogP contribution in [0.2, 0.25) is 0 Å². The Balaban J connectivity index is 0.993. The van der Waals surface area contributed by atoms with Crippen molar-refractivity contribution in [3.05, 3.63) is 204 Å². The van der Waals surface area contributed by atoms with Crippen LogP contribution in [0.25, 0.3) is 11.1 Å². The van der Waals surface area contributed by atoms with E-state index in [0.29, 0.717) is 5.92 Å². The molecule has 54 heavy (non-hydrogen) atoms. The van der Waals surface area contributed by atoms with Gasteiger partial charge in [0, 0.05) is 39.4 Å². The van der Waals surface area contributed by atoms with Gasteiger partial charge in [-0.1, -0.05) is 142 Å². The summed E-state index contributed by atoms with van der Waals surface area (Å²) in [5, 5.41) is 0. The van der Waals surface area contributed by atoms with Crippen molar-refractivity contribution in [2.75, 3.05) is 9.80 Å². The summed E-state index contributed by atoms with van der Waals surface area (Å²) in [7, 11) is 0. The highest BCUT2D eigenvalue weighted by Crippen LogP contribution is 2.54. The van der Waals surface area contributed by atoms with Crippen LogP contribution in [0.1, 0.15) is 79.7 Å². The number of nitrogens with zero attached hydrogens (tertiary/aromatic N) is 2. The first kappa shape index (κ1) is 33.9. The summed E-state index contributed by atoms with van der Waals surface area (Å²) >= 11 is 0. The molecule has 0 spiro atoms. The van der Waals surface area contributed by atoms with Gasteiger partial charge in [-0.2, -0.15) is 0 Å². The lowest BCUT2D eigenvalue weighted by molar-refractivity contribution is 0.443. The number of fused-ring (bicyclic) bond motifs is 3. The monoisotopic (exact) mass is 700 g/mol. The van der Waals surface area contributed by atoms with Crippen LogP contribution in [0, 0.1) is 0 Å². The predicted molar refractivity (Wildman–Crippen MR) is 228 cm³/mol. The van der Waals surface area contributed by atoms with Crippen LogP contribution < -0.4 is 9.80 Å². The standard InChI is InChI=1S/C52H48N2/c1-52(2)48-22-13-12-21-47(48)51-49(52)23-14-24-50(51)54(43-19-10-5-11-20-43)46-33-27-39(28-34-46)37-38-25-31-44(32-26-38)53(42-17-8-4-9-18-42)45-35-29-41(30-36-45)40-15-6-3-7-16-40/h4-5,8-14,17-36,40H,3,6-7,15-16,37H2,1-2H3. The van der Waals surface area contributed by atoms with E-state index in [1.165, 1.54) is 93.8 Å². The van der Waals surface area contributed by atoms with Crippen LogP contribution in [0.3, 0.4) is 0 Å². The molecule has 266 valence electrons. The topological polar surface area (TPSA) is 6.48 Å². The van der Waals surface area contributed by atoms with E-state index in [9.17, 15) is 0 Å². The third-order valence-corrected chi connectivity index (χ3v) is 11.9. The first-order valence-electron chi connectivity index (χ1n) is 19.8. The molecule has 1 fully saturated rings. The largest absolute Gasteiger partial charge is 0.311 e. The van der Waals surface area contributed by atoms with Gasteiger partial charge in [-0.3, -0.25) is 0 Å². The van der Waals surface area contributed by atoms with Crippen molar-refractivity contribution in [3.63, 3.8) is 0 Å². The molecule has 2 aliphatic rings. The van der Waals surface area contributed by atoms with E-state index in [2.05, 4.69) is 200 Å². The van der Waals surface area contributed by atoms with Crippen molar-refractivity contribution in [2.45, 2.75) is 63.7 Å². The van der Waals surface area contributed by atoms with Crippen LogP contribution in [0.5, 0.6) is 0 Å². The molecule has 2 aliphatic carbocycles. The second-order valence-corrected chi connectivity index (χ2v) is 15.6. The second-order valence-electron chi connectivity index (χ2n) is 15.6. The Kier molecular flexibility index (Phi) is 9.13. The normalized spacial score (nSPS) is 14.6. The number of benzene rings is 7. The van der Waals surface area contributed by atoms with Gasteiger partial charge in [-0.15, -0.1) is 0 Å². The van der Waals surface area contributed by atoms with E-state index in [4.69, 9.17) is 0 Å². The van der Waals surface area contributed by atoms with Gasteiger partial charge in [-0.05, 0) is 125 Å². The van der Waals surface area contributed by atoms with Gasteiger partial charge in [-0.25, -0.2) is 0 Å². The maximum Gasteiger partial charge on any atom is 0.0543 e. The molecular formula is C52H48N2. The molecule has 0 aliphatic heterocycles. The molecule has 0 bridgehead atoms. The van der Waals surface area contributed by atoms with Gasteiger partial charge in [0.2, 0.25) is 0 Å². The van der Waals surface area contributed by atoms with Crippen LogP contribution >= 0.6 is 0 Å². The van der Waals surface area contributed by atoms with Gasteiger partial charge in [0.25, 0.3) is 0 Å². The summed E-state index contributed by atoms with van der Waals surface area (Å²) in [6.45, 7) is 4.70. The number of anilines is 6. The molecule has 7 aromatic carbocycles. The first-order chi connectivity index (χ1) is 26.5. The van der Waals surface area contributed by atoms with E-state index in [1.54, 1.807) is 0 Å². The number of hydrogen-bond donors (Lipinski definition) is 0. The highest BCUT2D eigenvalue weighted by atomic mass is 15.1. The fourth-order valence-corrected chi connectivity index (χ4v) is 9.04. The number of hydrogen-bond acceptors (Lipinski definition) is 2. The Morgan fingerprint density at radius 3 is 1.54 bits per heavy atom. The minimum atomic E-state index is -0.0546. The Morgan fingerprint density at radius 1 is 0.444 bits per heavy atom. The van der Waals surface area contributed by atoms with Crippen LogP contribution in [0.4, 0.5) is 34.1 Å². The molecule has 0 atom stereocenters. The summed E-state index contributed by atoms with van der Waals surface area (Å²) in [6, 6.07) is 64.9. The Labute approximate surface area is 321 Å². The van der Waals surface area contributed by atoms with Crippen molar-refractivity contribution in [3.8, 4) is 11.1 Å². The molecule has 0 unspecified atom stereocenters. The lowest BCUT2D eigenvalue weighted by Gasteiger charge is -2.29. The fourth-order valence-electron chi connectivity index (χ4n) is 9.04. The molecule has 0 N–H and O–H groups in total. The molecule has 0 radical (unpaired) electrons. The first-order valence-corrected chi connectivity index (χ1v) is 19.8. The third kappa shape index (κ3) is 6.41. The van der Waals surface area contributed by atoms with E-state index in [1.807, 2.05) is 0 Å². The van der Waals surface area contributed by atoms with Crippen LogP contribution in [-0.4, -0.2) is 0 Å². The van der Waals surface area contributed by atoms with Crippen molar-refractivity contribution in [2.24, 2.45) is 0 Å². The van der Waals surface area contributed by atoms with Crippen molar-refractivity contribution in [1.29, 1.82) is 0 Å². The SMILES string of the molecule is CC1(C)c2ccccc2-c2c(N(c3ccccc3)c3ccc(Cc4ccc(N(c5ccccc5)c5ccc(C6CCCCC6)cc5)cc4)cc3)cccc21. The average Bonchev–Trinajstić information content (AvgIpc) is 3.47. The molecule has 9 rings (SSSR count). The summed E-state index contributed by atoms with van der Waals surface area (Å²) in [6.07, 6.45) is 7.60. The number of para-hydroxylation sites is 2. The number of rotatable bonds is 9. The zero-order chi connectivity index (χ0) is 36.5. The minimum Gasteiger partial charge on any atom is -0.311 e. The third-order valence-electron chi connectivity index (χ3n) is 11.9. The summed E-state index contributed by atoms with van der Waals surface area (Å²) in [4.78, 5) is 4.80. The summed E-state index contributed by atoms with van der Waals surface area (Å²) in [5.74, 6) is 0.705. The lowest BCUT2D eigenvalue weighted by Crippen LogP contribution is -2.16. The van der Waals surface area contributed by atoms with Gasteiger partial charge in [0.05, 0.1) is 5.69 Å². The van der Waals surface area contributed by atoms with Gasteiger partial charge in [0.1, 0.15) is 0 Å². The maximum atomic E-state index is 2.43. The van der Waals surface area contributed by atoms with Crippen molar-refractivity contribution >= 4 is 34.1 Å². The smallest absolute Gasteiger partial charge is 0.0543 e. The van der Waals surface area contributed by atoms with E-state index >= 15 is 0 Å². The Bertz CT molecular complexity index is 2330.